The molecular weight excluding hydrogens is 165 g/mol. The first-order valence-corrected chi connectivity index (χ1v) is 5.67. The van der Waals surface area contributed by atoms with E-state index in [1.54, 1.807) is 0 Å². The van der Waals surface area contributed by atoms with Crippen LogP contribution in [0.5, 0.6) is 0 Å². The van der Waals surface area contributed by atoms with E-state index in [0.29, 0.717) is 5.92 Å². The molecule has 0 amide bonds. The predicted molar refractivity (Wildman–Crippen MR) is 54.6 cm³/mol. The fourth-order valence-electron chi connectivity index (χ4n) is 2.12. The van der Waals surface area contributed by atoms with E-state index in [4.69, 9.17) is 0 Å². The van der Waals surface area contributed by atoms with Crippen LogP contribution in [0.4, 0.5) is 4.39 Å². The molecule has 0 aliphatic carbocycles. The largest absolute Gasteiger partial charge is 0.317 e. The standard InChI is InChI=1S/C11H22FN/c1-2-4-11(12)9-10-5-3-7-13-8-6-10/h10-11,13H,2-9H2,1H3. The molecule has 0 aromatic rings. The second-order valence-electron chi connectivity index (χ2n) is 4.17. The van der Waals surface area contributed by atoms with E-state index in [0.717, 1.165) is 32.4 Å². The topological polar surface area (TPSA) is 12.0 Å². The highest BCUT2D eigenvalue weighted by atomic mass is 19.1. The lowest BCUT2D eigenvalue weighted by atomic mass is 9.93. The van der Waals surface area contributed by atoms with Crippen LogP contribution in [0.3, 0.4) is 0 Å². The van der Waals surface area contributed by atoms with E-state index in [2.05, 4.69) is 12.2 Å². The van der Waals surface area contributed by atoms with Crippen LogP contribution in [0, 0.1) is 5.92 Å². The van der Waals surface area contributed by atoms with Gasteiger partial charge in [-0.05, 0) is 51.1 Å². The Labute approximate surface area is 81.1 Å². The smallest absolute Gasteiger partial charge is 0.100 e. The number of hydrogen-bond acceptors (Lipinski definition) is 1. The van der Waals surface area contributed by atoms with E-state index in [-0.39, 0.29) is 0 Å². The van der Waals surface area contributed by atoms with Crippen molar-refractivity contribution in [3.05, 3.63) is 0 Å². The van der Waals surface area contributed by atoms with Crippen molar-refractivity contribution in [3.8, 4) is 0 Å². The average molecular weight is 187 g/mol. The summed E-state index contributed by atoms with van der Waals surface area (Å²) in [5.74, 6) is 0.636. The molecule has 2 unspecified atom stereocenters. The number of hydrogen-bond donors (Lipinski definition) is 1. The summed E-state index contributed by atoms with van der Waals surface area (Å²) in [6, 6.07) is 0. The van der Waals surface area contributed by atoms with Gasteiger partial charge >= 0.3 is 0 Å². The molecule has 1 N–H and O–H groups in total. The van der Waals surface area contributed by atoms with Gasteiger partial charge in [0.25, 0.3) is 0 Å². The molecule has 13 heavy (non-hydrogen) atoms. The minimum Gasteiger partial charge on any atom is -0.317 e. The molecule has 0 bridgehead atoms. The van der Waals surface area contributed by atoms with Gasteiger partial charge in [0.05, 0.1) is 0 Å². The summed E-state index contributed by atoms with van der Waals surface area (Å²) in [5, 5.41) is 3.36. The summed E-state index contributed by atoms with van der Waals surface area (Å²) in [5.41, 5.74) is 0. The summed E-state index contributed by atoms with van der Waals surface area (Å²) >= 11 is 0. The van der Waals surface area contributed by atoms with Crippen molar-refractivity contribution in [2.24, 2.45) is 5.92 Å². The molecule has 78 valence electrons. The SMILES string of the molecule is CCCC(F)CC1CCCNCC1. The Morgan fingerprint density at radius 3 is 3.00 bits per heavy atom. The zero-order chi connectivity index (χ0) is 9.52. The Morgan fingerprint density at radius 2 is 2.23 bits per heavy atom. The van der Waals surface area contributed by atoms with Crippen molar-refractivity contribution in [1.29, 1.82) is 0 Å². The summed E-state index contributed by atoms with van der Waals surface area (Å²) in [6.45, 7) is 4.27. The Balaban J connectivity index is 2.17. The third kappa shape index (κ3) is 4.61. The molecule has 2 heteroatoms. The van der Waals surface area contributed by atoms with E-state index >= 15 is 0 Å². The molecule has 0 aromatic carbocycles. The first kappa shape index (κ1) is 11.0. The average Bonchev–Trinajstić information content (AvgIpc) is 2.33. The first-order valence-electron chi connectivity index (χ1n) is 5.67. The number of alkyl halides is 1. The highest BCUT2D eigenvalue weighted by molar-refractivity contribution is 4.70. The van der Waals surface area contributed by atoms with Gasteiger partial charge in [-0.3, -0.25) is 0 Å². The van der Waals surface area contributed by atoms with Crippen LogP contribution in [0.25, 0.3) is 0 Å². The molecule has 1 aliphatic heterocycles. The maximum atomic E-state index is 13.3. The van der Waals surface area contributed by atoms with Crippen molar-refractivity contribution in [1.82, 2.24) is 5.32 Å². The van der Waals surface area contributed by atoms with Gasteiger partial charge in [-0.2, -0.15) is 0 Å². The van der Waals surface area contributed by atoms with Crippen LogP contribution in [0.2, 0.25) is 0 Å². The second-order valence-corrected chi connectivity index (χ2v) is 4.17. The highest BCUT2D eigenvalue weighted by Crippen LogP contribution is 2.22. The molecule has 2 atom stereocenters. The molecule has 1 heterocycles. The van der Waals surface area contributed by atoms with Crippen LogP contribution in [0.1, 0.15) is 45.4 Å². The van der Waals surface area contributed by atoms with Crippen LogP contribution in [-0.4, -0.2) is 19.3 Å². The monoisotopic (exact) mass is 187 g/mol. The van der Waals surface area contributed by atoms with Gasteiger partial charge in [0, 0.05) is 0 Å². The fourth-order valence-corrected chi connectivity index (χ4v) is 2.12. The first-order chi connectivity index (χ1) is 6.33. The van der Waals surface area contributed by atoms with E-state index in [1.807, 2.05) is 0 Å². The van der Waals surface area contributed by atoms with Gasteiger partial charge < -0.3 is 5.32 Å². The third-order valence-electron chi connectivity index (χ3n) is 2.89. The lowest BCUT2D eigenvalue weighted by Crippen LogP contribution is -2.15. The highest BCUT2D eigenvalue weighted by Gasteiger charge is 2.16. The second kappa shape index (κ2) is 6.36. The van der Waals surface area contributed by atoms with Gasteiger partial charge in [0.15, 0.2) is 0 Å². The van der Waals surface area contributed by atoms with Gasteiger partial charge in [-0.1, -0.05) is 13.3 Å². The molecule has 1 saturated heterocycles. The lowest BCUT2D eigenvalue weighted by molar-refractivity contribution is 0.242. The van der Waals surface area contributed by atoms with E-state index in [1.165, 1.54) is 19.3 Å². The minimum absolute atomic E-state index is 0.548. The van der Waals surface area contributed by atoms with Gasteiger partial charge in [0.1, 0.15) is 6.17 Å². The summed E-state index contributed by atoms with van der Waals surface area (Å²) in [7, 11) is 0. The Hall–Kier alpha value is -0.110. The van der Waals surface area contributed by atoms with Gasteiger partial charge in [-0.15, -0.1) is 0 Å². The number of rotatable bonds is 4. The normalized spacial score (nSPS) is 26.8. The van der Waals surface area contributed by atoms with Crippen molar-refractivity contribution >= 4 is 0 Å². The van der Waals surface area contributed by atoms with Crippen molar-refractivity contribution in [2.45, 2.75) is 51.6 Å². The molecule has 1 rings (SSSR count). The van der Waals surface area contributed by atoms with Crippen LogP contribution in [-0.2, 0) is 0 Å². The van der Waals surface area contributed by atoms with Gasteiger partial charge in [0.2, 0.25) is 0 Å². The summed E-state index contributed by atoms with van der Waals surface area (Å²) in [4.78, 5) is 0. The number of halogens is 1. The van der Waals surface area contributed by atoms with E-state index in [9.17, 15) is 4.39 Å². The van der Waals surface area contributed by atoms with E-state index < -0.39 is 6.17 Å². The summed E-state index contributed by atoms with van der Waals surface area (Å²) in [6.07, 6.45) is 5.60. The fraction of sp³-hybridized carbons (Fsp3) is 1.00. The van der Waals surface area contributed by atoms with Crippen molar-refractivity contribution in [3.63, 3.8) is 0 Å². The molecule has 1 nitrogen and oxygen atoms in total. The van der Waals surface area contributed by atoms with Crippen LogP contribution in [0.15, 0.2) is 0 Å². The van der Waals surface area contributed by atoms with Gasteiger partial charge in [-0.25, -0.2) is 4.39 Å². The Morgan fingerprint density at radius 1 is 1.38 bits per heavy atom. The molecule has 0 aromatic heterocycles. The predicted octanol–water partition coefficient (Wildman–Crippen LogP) is 2.90. The summed E-state index contributed by atoms with van der Waals surface area (Å²) < 4.78 is 13.3. The third-order valence-corrected chi connectivity index (χ3v) is 2.89. The van der Waals surface area contributed by atoms with Crippen LogP contribution < -0.4 is 5.32 Å². The molecule has 0 spiro atoms. The maximum absolute atomic E-state index is 13.3. The molecular formula is C11H22FN. The Kier molecular flexibility index (Phi) is 5.37. The van der Waals surface area contributed by atoms with Crippen molar-refractivity contribution < 1.29 is 4.39 Å². The minimum atomic E-state index is -0.548. The quantitative estimate of drug-likeness (QED) is 0.713. The van der Waals surface area contributed by atoms with Crippen LogP contribution >= 0.6 is 0 Å². The lowest BCUT2D eigenvalue weighted by Gasteiger charge is -2.15. The molecule has 0 radical (unpaired) electrons. The zero-order valence-corrected chi connectivity index (χ0v) is 8.69. The van der Waals surface area contributed by atoms with Crippen molar-refractivity contribution in [2.75, 3.05) is 13.1 Å². The molecule has 1 aliphatic rings. The molecule has 0 saturated carbocycles. The number of nitrogens with one attached hydrogen (secondary N) is 1. The Bertz CT molecular complexity index is 119. The molecule has 1 fully saturated rings. The maximum Gasteiger partial charge on any atom is 0.100 e. The zero-order valence-electron chi connectivity index (χ0n) is 8.69.